The van der Waals surface area contributed by atoms with Gasteiger partial charge in [0.15, 0.2) is 32.2 Å². The Labute approximate surface area is 244 Å². The van der Waals surface area contributed by atoms with Crippen molar-refractivity contribution in [3.05, 3.63) is 58.1 Å². The molecule has 4 heterocycles. The van der Waals surface area contributed by atoms with Crippen molar-refractivity contribution in [1.29, 1.82) is 0 Å². The molecule has 5 atom stereocenters. The van der Waals surface area contributed by atoms with Crippen LogP contribution >= 0.6 is 23.2 Å². The van der Waals surface area contributed by atoms with Crippen LogP contribution in [0.15, 0.2) is 36.8 Å². The lowest BCUT2D eigenvalue weighted by atomic mass is 9.94. The van der Waals surface area contributed by atoms with E-state index in [1.54, 1.807) is 36.7 Å². The molecule has 1 aromatic carbocycles. The van der Waals surface area contributed by atoms with E-state index in [9.17, 15) is 4.79 Å². The number of alkyl halides is 1. The molecule has 8 nitrogen and oxygen atoms in total. The summed E-state index contributed by atoms with van der Waals surface area (Å²) >= 11 is 12.5. The first-order valence-electron chi connectivity index (χ1n) is 13.2. The number of nitrogens with zero attached hydrogens (tertiary/aromatic N) is 3. The Bertz CT molecular complexity index is 1440. The van der Waals surface area contributed by atoms with Crippen LogP contribution in [0.25, 0.3) is 11.0 Å². The molecule has 0 radical (unpaired) electrons. The zero-order valence-electron chi connectivity index (χ0n) is 23.6. The standard InChI is InChI=1S/C28H34Cl2FN3O5Si/c1-27(2,3)40(6,7)36-13-19(31)18-12-15(29)8-9-16(18)20(35)21-22-23(39-28(4,5)38-22)26(37-21)34-11-10-17-24(30)32-14-33-25(17)34/h8-12,14,19,21-23,26H,13H2,1-7H3/t19-,21+,22+,23+,26+/m0/s1. The van der Waals surface area contributed by atoms with Gasteiger partial charge in [0.2, 0.25) is 0 Å². The molecule has 2 aliphatic heterocycles. The molecule has 2 aliphatic rings. The molecule has 2 aromatic heterocycles. The highest BCUT2D eigenvalue weighted by atomic mass is 35.5. The van der Waals surface area contributed by atoms with Crippen molar-refractivity contribution in [1.82, 2.24) is 14.5 Å². The van der Waals surface area contributed by atoms with Crippen LogP contribution in [0.5, 0.6) is 0 Å². The first-order valence-corrected chi connectivity index (χ1v) is 16.9. The fourth-order valence-corrected chi connectivity index (χ4v) is 6.28. The molecule has 3 aromatic rings. The van der Waals surface area contributed by atoms with Crippen molar-refractivity contribution in [2.75, 3.05) is 6.61 Å². The minimum absolute atomic E-state index is 0.0915. The monoisotopic (exact) mass is 609 g/mol. The van der Waals surface area contributed by atoms with Crippen LogP contribution in [0.1, 0.15) is 62.9 Å². The number of carbonyl (C=O) groups excluding carboxylic acids is 1. The second-order valence-corrected chi connectivity index (χ2v) is 17.9. The molecule has 0 spiro atoms. The van der Waals surface area contributed by atoms with E-state index in [1.165, 1.54) is 18.5 Å². The average Bonchev–Trinajstić information content (AvgIpc) is 3.52. The molecule has 0 bridgehead atoms. The predicted molar refractivity (Wildman–Crippen MR) is 153 cm³/mol. The molecule has 0 saturated carbocycles. The Morgan fingerprint density at radius 2 is 1.88 bits per heavy atom. The highest BCUT2D eigenvalue weighted by Crippen LogP contribution is 2.45. The van der Waals surface area contributed by atoms with Gasteiger partial charge in [-0.05, 0) is 56.2 Å². The lowest BCUT2D eigenvalue weighted by molar-refractivity contribution is -0.190. The van der Waals surface area contributed by atoms with Gasteiger partial charge < -0.3 is 23.2 Å². The Balaban J connectivity index is 1.47. The van der Waals surface area contributed by atoms with Crippen LogP contribution < -0.4 is 0 Å². The van der Waals surface area contributed by atoms with E-state index >= 15 is 4.39 Å². The second kappa shape index (κ2) is 10.4. The van der Waals surface area contributed by atoms with Gasteiger partial charge in [0.1, 0.15) is 35.5 Å². The third-order valence-electron chi connectivity index (χ3n) is 8.04. The van der Waals surface area contributed by atoms with E-state index < -0.39 is 50.6 Å². The smallest absolute Gasteiger partial charge is 0.194 e. The van der Waals surface area contributed by atoms with Crippen LogP contribution in [-0.4, -0.2) is 59.3 Å². The van der Waals surface area contributed by atoms with Gasteiger partial charge in [-0.15, -0.1) is 0 Å². The van der Waals surface area contributed by atoms with Gasteiger partial charge in [-0.2, -0.15) is 0 Å². The Hall–Kier alpha value is -1.92. The summed E-state index contributed by atoms with van der Waals surface area (Å²) in [4.78, 5) is 22.5. The van der Waals surface area contributed by atoms with Gasteiger partial charge in [0.25, 0.3) is 0 Å². The maximum absolute atomic E-state index is 15.8. The number of hydrogen-bond donors (Lipinski definition) is 0. The van der Waals surface area contributed by atoms with Gasteiger partial charge in [-0.3, -0.25) is 4.79 Å². The Morgan fingerprint density at radius 3 is 2.58 bits per heavy atom. The van der Waals surface area contributed by atoms with E-state index in [0.29, 0.717) is 21.2 Å². The summed E-state index contributed by atoms with van der Waals surface area (Å²) in [6.07, 6.45) is -1.64. The molecule has 216 valence electrons. The van der Waals surface area contributed by atoms with Gasteiger partial charge in [0, 0.05) is 22.3 Å². The topological polar surface area (TPSA) is 84.7 Å². The number of ketones is 1. The molecule has 2 saturated heterocycles. The number of carbonyl (C=O) groups is 1. The molecule has 0 unspecified atom stereocenters. The van der Waals surface area contributed by atoms with E-state index in [0.717, 1.165) is 0 Å². The summed E-state index contributed by atoms with van der Waals surface area (Å²) in [6.45, 7) is 13.7. The number of halogens is 3. The van der Waals surface area contributed by atoms with Crippen LogP contribution in [-0.2, 0) is 18.6 Å². The number of Topliss-reactive ketones (excluding diaryl/α,β-unsaturated/α-hetero) is 1. The van der Waals surface area contributed by atoms with Crippen molar-refractivity contribution in [2.24, 2.45) is 0 Å². The predicted octanol–water partition coefficient (Wildman–Crippen LogP) is 7.07. The summed E-state index contributed by atoms with van der Waals surface area (Å²) in [7, 11) is -2.23. The largest absolute Gasteiger partial charge is 0.414 e. The molecule has 0 amide bonds. The highest BCUT2D eigenvalue weighted by molar-refractivity contribution is 6.74. The van der Waals surface area contributed by atoms with Gasteiger partial charge in [0.05, 0.1) is 12.0 Å². The highest BCUT2D eigenvalue weighted by Gasteiger charge is 2.58. The molecule has 5 rings (SSSR count). The summed E-state index contributed by atoms with van der Waals surface area (Å²) in [5.74, 6) is -1.39. The molecule has 2 fully saturated rings. The molecular formula is C28H34Cl2FN3O5Si. The summed E-state index contributed by atoms with van der Waals surface area (Å²) in [6, 6.07) is 6.35. The fourth-order valence-electron chi connectivity index (χ4n) is 4.92. The van der Waals surface area contributed by atoms with Crippen LogP contribution in [0.2, 0.25) is 28.3 Å². The maximum atomic E-state index is 15.8. The number of ether oxygens (including phenoxy) is 3. The van der Waals surface area contributed by atoms with Gasteiger partial charge in [-0.1, -0.05) is 44.0 Å². The van der Waals surface area contributed by atoms with Crippen LogP contribution in [0.4, 0.5) is 4.39 Å². The molecule has 0 aliphatic carbocycles. The zero-order valence-corrected chi connectivity index (χ0v) is 26.1. The Kier molecular flexibility index (Phi) is 7.70. The molecule has 0 N–H and O–H groups in total. The Morgan fingerprint density at radius 1 is 1.18 bits per heavy atom. The first kappa shape index (κ1) is 29.6. The lowest BCUT2D eigenvalue weighted by Gasteiger charge is -2.36. The van der Waals surface area contributed by atoms with E-state index in [-0.39, 0.29) is 22.8 Å². The molecule has 40 heavy (non-hydrogen) atoms. The van der Waals surface area contributed by atoms with Crippen LogP contribution in [0.3, 0.4) is 0 Å². The van der Waals surface area contributed by atoms with Gasteiger partial charge >= 0.3 is 0 Å². The van der Waals surface area contributed by atoms with Gasteiger partial charge in [-0.25, -0.2) is 14.4 Å². The molecule has 12 heteroatoms. The van der Waals surface area contributed by atoms with E-state index in [4.69, 9.17) is 41.8 Å². The fraction of sp³-hybridized carbons (Fsp3) is 0.536. The maximum Gasteiger partial charge on any atom is 0.194 e. The third-order valence-corrected chi connectivity index (χ3v) is 13.1. The van der Waals surface area contributed by atoms with Crippen molar-refractivity contribution >= 4 is 48.3 Å². The summed E-state index contributed by atoms with van der Waals surface area (Å²) < 4.78 is 42.4. The number of fused-ring (bicyclic) bond motifs is 2. The quantitative estimate of drug-likeness (QED) is 0.161. The summed E-state index contributed by atoms with van der Waals surface area (Å²) in [5, 5.41) is 1.17. The van der Waals surface area contributed by atoms with Crippen molar-refractivity contribution < 1.29 is 27.8 Å². The van der Waals surface area contributed by atoms with Crippen molar-refractivity contribution in [3.8, 4) is 0 Å². The van der Waals surface area contributed by atoms with Crippen LogP contribution in [0, 0.1) is 0 Å². The first-order chi connectivity index (χ1) is 18.6. The van der Waals surface area contributed by atoms with E-state index in [1.807, 2.05) is 0 Å². The third kappa shape index (κ3) is 5.35. The minimum Gasteiger partial charge on any atom is -0.414 e. The second-order valence-electron chi connectivity index (χ2n) is 12.3. The van der Waals surface area contributed by atoms with Crippen molar-refractivity contribution in [3.63, 3.8) is 0 Å². The zero-order chi connectivity index (χ0) is 29.2. The summed E-state index contributed by atoms with van der Waals surface area (Å²) in [5.41, 5.74) is 0.851. The number of aromatic nitrogens is 3. The van der Waals surface area contributed by atoms with E-state index in [2.05, 4.69) is 43.8 Å². The number of hydrogen-bond acceptors (Lipinski definition) is 7. The number of rotatable bonds is 7. The SMILES string of the molecule is CC1(C)O[C@@H]2[C@H](O1)[C@@H](C(=O)c1ccc(Cl)cc1[C@@H](F)CO[Si](C)(C)C(C)(C)C)O[C@H]2n1ccc2c(Cl)ncnc21. The van der Waals surface area contributed by atoms with Crippen molar-refractivity contribution in [2.45, 2.75) is 89.2 Å². The number of benzene rings is 1. The average molecular weight is 611 g/mol. The normalized spacial score (nSPS) is 25.4. The minimum atomic E-state index is -2.23. The lowest BCUT2D eigenvalue weighted by Crippen LogP contribution is -2.41. The molecular weight excluding hydrogens is 576 g/mol.